The second kappa shape index (κ2) is 8.28. The SMILES string of the molecule is COc1ccc(NC(=O)C(NC(=O)c2ccc(F)cc2)C(C)C)cc1. The Morgan fingerprint density at radius 3 is 2.12 bits per heavy atom. The summed E-state index contributed by atoms with van der Waals surface area (Å²) in [7, 11) is 1.56. The maximum atomic E-state index is 13.0. The quantitative estimate of drug-likeness (QED) is 0.845. The molecule has 1 unspecified atom stereocenters. The molecular weight excluding hydrogens is 323 g/mol. The molecule has 0 aromatic heterocycles. The van der Waals surface area contributed by atoms with E-state index in [-0.39, 0.29) is 11.8 Å². The Bertz CT molecular complexity index is 727. The van der Waals surface area contributed by atoms with Crippen molar-refractivity contribution in [1.82, 2.24) is 5.32 Å². The van der Waals surface area contributed by atoms with Crippen LogP contribution >= 0.6 is 0 Å². The van der Waals surface area contributed by atoms with E-state index in [0.717, 1.165) is 0 Å². The summed E-state index contributed by atoms with van der Waals surface area (Å²) < 4.78 is 18.0. The first kappa shape index (κ1) is 18.4. The lowest BCUT2D eigenvalue weighted by Gasteiger charge is -2.22. The third kappa shape index (κ3) is 5.04. The Hall–Kier alpha value is -2.89. The minimum Gasteiger partial charge on any atom is -0.497 e. The summed E-state index contributed by atoms with van der Waals surface area (Å²) in [5.41, 5.74) is 0.900. The lowest BCUT2D eigenvalue weighted by atomic mass is 10.0. The Morgan fingerprint density at radius 2 is 1.60 bits per heavy atom. The number of hydrogen-bond donors (Lipinski definition) is 2. The second-order valence-electron chi connectivity index (χ2n) is 5.92. The van der Waals surface area contributed by atoms with Gasteiger partial charge in [0.25, 0.3) is 5.91 Å². The molecule has 0 spiro atoms. The molecule has 0 aliphatic rings. The number of benzene rings is 2. The van der Waals surface area contributed by atoms with Gasteiger partial charge in [0.2, 0.25) is 5.91 Å². The van der Waals surface area contributed by atoms with Crippen molar-refractivity contribution in [3.8, 4) is 5.75 Å². The van der Waals surface area contributed by atoms with E-state index in [2.05, 4.69) is 10.6 Å². The monoisotopic (exact) mass is 344 g/mol. The normalized spacial score (nSPS) is 11.7. The number of amides is 2. The van der Waals surface area contributed by atoms with E-state index in [1.165, 1.54) is 24.3 Å². The van der Waals surface area contributed by atoms with Gasteiger partial charge >= 0.3 is 0 Å². The van der Waals surface area contributed by atoms with Crippen LogP contribution in [-0.2, 0) is 4.79 Å². The van der Waals surface area contributed by atoms with Gasteiger partial charge in [-0.1, -0.05) is 13.8 Å². The van der Waals surface area contributed by atoms with Gasteiger partial charge in [0.15, 0.2) is 0 Å². The summed E-state index contributed by atoms with van der Waals surface area (Å²) in [5, 5.41) is 5.47. The zero-order chi connectivity index (χ0) is 18.4. The number of methoxy groups -OCH3 is 1. The summed E-state index contributed by atoms with van der Waals surface area (Å²) in [5.74, 6) is -0.612. The fourth-order valence-corrected chi connectivity index (χ4v) is 2.26. The molecule has 2 N–H and O–H groups in total. The molecule has 6 heteroatoms. The van der Waals surface area contributed by atoms with Gasteiger partial charge in [-0.05, 0) is 54.4 Å². The minimum absolute atomic E-state index is 0.123. The number of halogens is 1. The molecule has 2 aromatic rings. The first-order valence-electron chi connectivity index (χ1n) is 7.92. The van der Waals surface area contributed by atoms with Crippen molar-refractivity contribution in [3.05, 3.63) is 59.9 Å². The number of carbonyl (C=O) groups is 2. The van der Waals surface area contributed by atoms with Crippen LogP contribution in [0.2, 0.25) is 0 Å². The molecule has 2 aromatic carbocycles. The summed E-state index contributed by atoms with van der Waals surface area (Å²) >= 11 is 0. The Labute approximate surface area is 146 Å². The van der Waals surface area contributed by atoms with Crippen molar-refractivity contribution in [2.75, 3.05) is 12.4 Å². The van der Waals surface area contributed by atoms with E-state index in [1.54, 1.807) is 31.4 Å². The van der Waals surface area contributed by atoms with Gasteiger partial charge in [-0.25, -0.2) is 4.39 Å². The molecule has 1 atom stereocenters. The van der Waals surface area contributed by atoms with Crippen LogP contribution in [-0.4, -0.2) is 25.0 Å². The lowest BCUT2D eigenvalue weighted by molar-refractivity contribution is -0.118. The van der Waals surface area contributed by atoms with Gasteiger partial charge in [-0.3, -0.25) is 9.59 Å². The highest BCUT2D eigenvalue weighted by Gasteiger charge is 2.24. The van der Waals surface area contributed by atoms with Crippen LogP contribution < -0.4 is 15.4 Å². The Balaban J connectivity index is 2.06. The van der Waals surface area contributed by atoms with Crippen LogP contribution in [0.4, 0.5) is 10.1 Å². The summed E-state index contributed by atoms with van der Waals surface area (Å²) in [4.78, 5) is 24.8. The minimum atomic E-state index is -0.723. The van der Waals surface area contributed by atoms with Gasteiger partial charge < -0.3 is 15.4 Å². The average molecular weight is 344 g/mol. The Kier molecular flexibility index (Phi) is 6.11. The molecule has 0 saturated heterocycles. The second-order valence-corrected chi connectivity index (χ2v) is 5.92. The van der Waals surface area contributed by atoms with Gasteiger partial charge in [-0.2, -0.15) is 0 Å². The molecule has 0 saturated carbocycles. The maximum absolute atomic E-state index is 13.0. The van der Waals surface area contributed by atoms with Gasteiger partial charge in [0.1, 0.15) is 17.6 Å². The van der Waals surface area contributed by atoms with E-state index in [4.69, 9.17) is 4.74 Å². The largest absolute Gasteiger partial charge is 0.497 e. The topological polar surface area (TPSA) is 67.4 Å². The molecular formula is C19H21FN2O3. The number of ether oxygens (including phenoxy) is 1. The first-order chi connectivity index (χ1) is 11.9. The number of hydrogen-bond acceptors (Lipinski definition) is 3. The van der Waals surface area contributed by atoms with Gasteiger partial charge in [-0.15, -0.1) is 0 Å². The van der Waals surface area contributed by atoms with Crippen LogP contribution in [0.1, 0.15) is 24.2 Å². The fourth-order valence-electron chi connectivity index (χ4n) is 2.26. The highest BCUT2D eigenvalue weighted by atomic mass is 19.1. The van der Waals surface area contributed by atoms with Crippen LogP contribution in [0.5, 0.6) is 5.75 Å². The van der Waals surface area contributed by atoms with E-state index < -0.39 is 17.8 Å². The molecule has 2 amide bonds. The van der Waals surface area contributed by atoms with Gasteiger partial charge in [0, 0.05) is 11.3 Å². The standard InChI is InChI=1S/C19H21FN2O3/c1-12(2)17(22-18(23)13-4-6-14(20)7-5-13)19(24)21-15-8-10-16(25-3)11-9-15/h4-12,17H,1-3H3,(H,21,24)(H,22,23). The number of carbonyl (C=O) groups excluding carboxylic acids is 2. The summed E-state index contributed by atoms with van der Waals surface area (Å²) in [6.45, 7) is 3.67. The molecule has 5 nitrogen and oxygen atoms in total. The summed E-state index contributed by atoms with van der Waals surface area (Å²) in [6.07, 6.45) is 0. The predicted octanol–water partition coefficient (Wildman–Crippen LogP) is 3.23. The molecule has 0 heterocycles. The fraction of sp³-hybridized carbons (Fsp3) is 0.263. The van der Waals surface area contributed by atoms with Crippen LogP contribution in [0.3, 0.4) is 0 Å². The predicted molar refractivity (Wildman–Crippen MR) is 94.1 cm³/mol. The van der Waals surface area contributed by atoms with Crippen LogP contribution in [0.15, 0.2) is 48.5 Å². The highest BCUT2D eigenvalue weighted by Crippen LogP contribution is 2.16. The third-order valence-electron chi connectivity index (χ3n) is 3.70. The molecule has 25 heavy (non-hydrogen) atoms. The first-order valence-corrected chi connectivity index (χ1v) is 7.92. The Morgan fingerprint density at radius 1 is 1.00 bits per heavy atom. The number of rotatable bonds is 6. The highest BCUT2D eigenvalue weighted by molar-refractivity contribution is 6.01. The van der Waals surface area contributed by atoms with E-state index in [0.29, 0.717) is 17.0 Å². The molecule has 0 aliphatic carbocycles. The molecule has 2 rings (SSSR count). The third-order valence-corrected chi connectivity index (χ3v) is 3.70. The van der Waals surface area contributed by atoms with E-state index >= 15 is 0 Å². The lowest BCUT2D eigenvalue weighted by Crippen LogP contribution is -2.47. The molecule has 0 aliphatic heterocycles. The summed E-state index contributed by atoms with van der Waals surface area (Å²) in [6, 6.07) is 11.3. The van der Waals surface area contributed by atoms with Crippen molar-refractivity contribution in [2.24, 2.45) is 5.92 Å². The van der Waals surface area contributed by atoms with Crippen molar-refractivity contribution in [3.63, 3.8) is 0 Å². The number of nitrogens with one attached hydrogen (secondary N) is 2. The van der Waals surface area contributed by atoms with Crippen molar-refractivity contribution >= 4 is 17.5 Å². The molecule has 0 fully saturated rings. The van der Waals surface area contributed by atoms with Crippen molar-refractivity contribution in [1.29, 1.82) is 0 Å². The molecule has 132 valence electrons. The van der Waals surface area contributed by atoms with Crippen LogP contribution in [0, 0.1) is 11.7 Å². The zero-order valence-corrected chi connectivity index (χ0v) is 14.4. The molecule has 0 bridgehead atoms. The van der Waals surface area contributed by atoms with E-state index in [9.17, 15) is 14.0 Å². The van der Waals surface area contributed by atoms with Crippen LogP contribution in [0.25, 0.3) is 0 Å². The zero-order valence-electron chi connectivity index (χ0n) is 14.4. The smallest absolute Gasteiger partial charge is 0.251 e. The van der Waals surface area contributed by atoms with Crippen molar-refractivity contribution in [2.45, 2.75) is 19.9 Å². The van der Waals surface area contributed by atoms with E-state index in [1.807, 2.05) is 13.8 Å². The van der Waals surface area contributed by atoms with Gasteiger partial charge in [0.05, 0.1) is 7.11 Å². The average Bonchev–Trinajstić information content (AvgIpc) is 2.60. The molecule has 0 radical (unpaired) electrons. The number of anilines is 1. The maximum Gasteiger partial charge on any atom is 0.251 e. The van der Waals surface area contributed by atoms with Crippen molar-refractivity contribution < 1.29 is 18.7 Å².